The van der Waals surface area contributed by atoms with Crippen LogP contribution in [0.3, 0.4) is 0 Å². The van der Waals surface area contributed by atoms with Crippen molar-refractivity contribution in [2.75, 3.05) is 41.0 Å². The smallest absolute Gasteiger partial charge is 0.310 e. The van der Waals surface area contributed by atoms with Gasteiger partial charge < -0.3 is 28.6 Å². The molecule has 0 aromatic carbocycles. The molecule has 0 bridgehead atoms. The number of carbonyl (C=O) groups excluding carboxylic acids is 3. The number of hydrogen-bond acceptors (Lipinski definition) is 7. The van der Waals surface area contributed by atoms with E-state index in [-0.39, 0.29) is 43.1 Å². The molecule has 0 aliphatic rings. The zero-order valence-corrected chi connectivity index (χ0v) is 33.6. The van der Waals surface area contributed by atoms with Crippen LogP contribution in [0.5, 0.6) is 0 Å². The fourth-order valence-corrected chi connectivity index (χ4v) is 4.98. The van der Waals surface area contributed by atoms with Crippen LogP contribution in [-0.4, -0.2) is 75.5 Å². The third kappa shape index (κ3) is 33.8. The molecule has 0 N–H and O–H groups in total. The molecule has 0 aliphatic carbocycles. The molecule has 0 rings (SSSR count). The van der Waals surface area contributed by atoms with E-state index < -0.39 is 24.1 Å². The standard InChI is InChI=1S/C45H71NO7/c1-6-8-10-12-14-16-17-18-19-20-21-22-23-24-25-26-28-29-31-33-35-43(47)52-40-41(39-51-38-37-42(45(49)50)46(3,4)5)53-44(48)36-34-32-30-27-15-13-11-9-7-2/h8-11,14-16,18-19,21-22,24-25,27,32,34,41-42H,6-7,12-13,17,20,23,26,28-31,33,35-40H2,1-5H3/b10-8+,11-9+,16-14+,19-18+,22-21+,25-24+,27-15+,34-32+. The Hall–Kier alpha value is -3.75. The SMILES string of the molecule is CC/C=C/C/C=C/C/C=C/C/C=C/C/C=C/CCCCCCC(=O)OCC(COCCC(C(=O)[O-])[N+](C)(C)C)OC(=O)C/C=C/C/C=C/C/C=C/CC. The highest BCUT2D eigenvalue weighted by molar-refractivity contribution is 5.71. The zero-order chi connectivity index (χ0) is 39.3. The first-order valence-electron chi connectivity index (χ1n) is 19.8. The number of carboxylic acid groups (broad SMARTS) is 1. The number of ether oxygens (including phenoxy) is 3. The van der Waals surface area contributed by atoms with E-state index >= 15 is 0 Å². The highest BCUT2D eigenvalue weighted by Gasteiger charge is 2.25. The molecule has 298 valence electrons. The minimum Gasteiger partial charge on any atom is -0.544 e. The number of allylic oxidation sites excluding steroid dienone is 15. The Balaban J connectivity index is 4.45. The summed E-state index contributed by atoms with van der Waals surface area (Å²) in [6, 6.07) is -0.747. The lowest BCUT2D eigenvalue weighted by atomic mass is 10.1. The van der Waals surface area contributed by atoms with Gasteiger partial charge >= 0.3 is 11.9 Å². The van der Waals surface area contributed by atoms with Gasteiger partial charge in [-0.25, -0.2) is 0 Å². The van der Waals surface area contributed by atoms with Crippen LogP contribution in [0.15, 0.2) is 97.2 Å². The summed E-state index contributed by atoms with van der Waals surface area (Å²) in [6.07, 6.45) is 46.2. The maximum Gasteiger partial charge on any atom is 0.310 e. The second kappa shape index (κ2) is 35.3. The van der Waals surface area contributed by atoms with Gasteiger partial charge in [-0.15, -0.1) is 0 Å². The number of rotatable bonds is 33. The molecule has 0 aliphatic heterocycles. The molecule has 0 amide bonds. The maximum absolute atomic E-state index is 12.5. The number of hydrogen-bond donors (Lipinski definition) is 0. The first-order chi connectivity index (χ1) is 25.6. The molecule has 2 atom stereocenters. The van der Waals surface area contributed by atoms with E-state index in [1.54, 1.807) is 27.2 Å². The van der Waals surface area contributed by atoms with E-state index in [0.717, 1.165) is 77.0 Å². The van der Waals surface area contributed by atoms with Crippen LogP contribution >= 0.6 is 0 Å². The van der Waals surface area contributed by atoms with Crippen LogP contribution in [0.4, 0.5) is 0 Å². The summed E-state index contributed by atoms with van der Waals surface area (Å²) in [5.74, 6) is -1.94. The summed E-state index contributed by atoms with van der Waals surface area (Å²) in [5.41, 5.74) is 0. The van der Waals surface area contributed by atoms with Crippen molar-refractivity contribution in [2.24, 2.45) is 0 Å². The van der Waals surface area contributed by atoms with Gasteiger partial charge in [0.1, 0.15) is 12.6 Å². The normalized spacial score (nSPS) is 14.1. The first-order valence-corrected chi connectivity index (χ1v) is 19.8. The van der Waals surface area contributed by atoms with Crippen LogP contribution in [0.2, 0.25) is 0 Å². The van der Waals surface area contributed by atoms with Gasteiger partial charge in [0.2, 0.25) is 0 Å². The van der Waals surface area contributed by atoms with Crippen molar-refractivity contribution in [2.45, 2.75) is 129 Å². The molecule has 2 unspecified atom stereocenters. The van der Waals surface area contributed by atoms with Gasteiger partial charge in [0.25, 0.3) is 0 Å². The number of nitrogens with zero attached hydrogens (tertiary/aromatic N) is 1. The lowest BCUT2D eigenvalue weighted by molar-refractivity contribution is -0.889. The largest absolute Gasteiger partial charge is 0.544 e. The van der Waals surface area contributed by atoms with Gasteiger partial charge in [-0.05, 0) is 70.6 Å². The summed E-state index contributed by atoms with van der Waals surface area (Å²) >= 11 is 0. The van der Waals surface area contributed by atoms with Crippen molar-refractivity contribution in [1.29, 1.82) is 0 Å². The van der Waals surface area contributed by atoms with Gasteiger partial charge in [-0.1, -0.05) is 124 Å². The lowest BCUT2D eigenvalue weighted by Crippen LogP contribution is -2.55. The maximum atomic E-state index is 12.5. The summed E-state index contributed by atoms with van der Waals surface area (Å²) < 4.78 is 16.9. The number of unbranched alkanes of at least 4 members (excludes halogenated alkanes) is 4. The van der Waals surface area contributed by atoms with E-state index in [4.69, 9.17) is 14.2 Å². The summed E-state index contributed by atoms with van der Waals surface area (Å²) in [4.78, 5) is 36.6. The first kappa shape index (κ1) is 49.2. The van der Waals surface area contributed by atoms with Crippen LogP contribution in [0.25, 0.3) is 0 Å². The lowest BCUT2D eigenvalue weighted by Gasteiger charge is -2.34. The minimum atomic E-state index is -1.15. The summed E-state index contributed by atoms with van der Waals surface area (Å²) in [6.45, 7) is 4.25. The van der Waals surface area contributed by atoms with Crippen LogP contribution in [0, 0.1) is 0 Å². The molecule has 0 fully saturated rings. The van der Waals surface area contributed by atoms with Gasteiger partial charge in [0.15, 0.2) is 6.10 Å². The van der Waals surface area contributed by atoms with E-state index in [1.165, 1.54) is 0 Å². The van der Waals surface area contributed by atoms with E-state index in [1.807, 2.05) is 12.2 Å². The molecule has 8 heteroatoms. The second-order valence-electron chi connectivity index (χ2n) is 13.8. The van der Waals surface area contributed by atoms with Crippen molar-refractivity contribution in [3.63, 3.8) is 0 Å². The topological polar surface area (TPSA) is 102 Å². The fourth-order valence-electron chi connectivity index (χ4n) is 4.98. The molecule has 0 spiro atoms. The second-order valence-corrected chi connectivity index (χ2v) is 13.8. The van der Waals surface area contributed by atoms with Crippen LogP contribution in [-0.2, 0) is 28.6 Å². The Kier molecular flexibility index (Phi) is 32.8. The third-order valence-corrected chi connectivity index (χ3v) is 8.00. The average Bonchev–Trinajstić information content (AvgIpc) is 3.11. The molecule has 8 nitrogen and oxygen atoms in total. The monoisotopic (exact) mass is 738 g/mol. The quantitative estimate of drug-likeness (QED) is 0.0287. The Labute approximate surface area is 322 Å². The number of aliphatic carboxylic acids is 1. The van der Waals surface area contributed by atoms with Crippen molar-refractivity contribution in [3.8, 4) is 0 Å². The van der Waals surface area contributed by atoms with Gasteiger partial charge in [-0.2, -0.15) is 0 Å². The van der Waals surface area contributed by atoms with E-state index in [9.17, 15) is 19.5 Å². The third-order valence-electron chi connectivity index (χ3n) is 8.00. The molecule has 53 heavy (non-hydrogen) atoms. The van der Waals surface area contributed by atoms with Crippen LogP contribution in [0.1, 0.15) is 117 Å². The fraction of sp³-hybridized carbons (Fsp3) is 0.578. The van der Waals surface area contributed by atoms with E-state index in [2.05, 4.69) is 92.8 Å². The Morgan fingerprint density at radius 3 is 1.55 bits per heavy atom. The van der Waals surface area contributed by atoms with Gasteiger partial charge in [0, 0.05) is 12.8 Å². The van der Waals surface area contributed by atoms with Crippen LogP contribution < -0.4 is 5.11 Å². The molecule has 0 aromatic rings. The molecular weight excluding hydrogens is 666 g/mol. The molecule has 0 saturated carbocycles. The summed E-state index contributed by atoms with van der Waals surface area (Å²) in [5, 5.41) is 11.6. The predicted octanol–water partition coefficient (Wildman–Crippen LogP) is 9.01. The molecule has 0 radical (unpaired) electrons. The number of quaternary nitrogens is 1. The summed E-state index contributed by atoms with van der Waals surface area (Å²) in [7, 11) is 5.34. The average molecular weight is 738 g/mol. The molecule has 0 heterocycles. The minimum absolute atomic E-state index is 0.0105. The Morgan fingerprint density at radius 2 is 1.06 bits per heavy atom. The predicted molar refractivity (Wildman–Crippen MR) is 217 cm³/mol. The number of carboxylic acids is 1. The van der Waals surface area contributed by atoms with Gasteiger partial charge in [0.05, 0.1) is 46.7 Å². The highest BCUT2D eigenvalue weighted by Crippen LogP contribution is 2.10. The zero-order valence-electron chi connectivity index (χ0n) is 33.6. The van der Waals surface area contributed by atoms with Gasteiger partial charge in [-0.3, -0.25) is 9.59 Å². The van der Waals surface area contributed by atoms with Crippen molar-refractivity contribution < 1.29 is 38.2 Å². The Morgan fingerprint density at radius 1 is 0.585 bits per heavy atom. The number of carbonyl (C=O) groups is 3. The molecule has 0 aromatic heterocycles. The highest BCUT2D eigenvalue weighted by atomic mass is 16.6. The number of likely N-dealkylation sites (N-methyl/N-ethyl adjacent to an activating group) is 1. The Bertz CT molecular complexity index is 1180. The molecular formula is C45H71NO7. The van der Waals surface area contributed by atoms with E-state index in [0.29, 0.717) is 12.8 Å². The number of esters is 2. The van der Waals surface area contributed by atoms with Crippen molar-refractivity contribution in [3.05, 3.63) is 97.2 Å². The van der Waals surface area contributed by atoms with Crippen molar-refractivity contribution in [1.82, 2.24) is 0 Å². The molecule has 0 saturated heterocycles. The van der Waals surface area contributed by atoms with Crippen molar-refractivity contribution >= 4 is 17.9 Å².